The SMILES string of the molecule is C=CCC(CN)c1ccccc1OC. The number of benzene rings is 1. The molecule has 0 radical (unpaired) electrons. The van der Waals surface area contributed by atoms with E-state index in [2.05, 4.69) is 12.6 Å². The summed E-state index contributed by atoms with van der Waals surface area (Å²) in [4.78, 5) is 0. The van der Waals surface area contributed by atoms with Crippen molar-refractivity contribution in [3.63, 3.8) is 0 Å². The van der Waals surface area contributed by atoms with Gasteiger partial charge in [0.1, 0.15) is 5.75 Å². The number of ether oxygens (including phenoxy) is 1. The van der Waals surface area contributed by atoms with Gasteiger partial charge in [0.25, 0.3) is 0 Å². The van der Waals surface area contributed by atoms with Crippen molar-refractivity contribution in [2.24, 2.45) is 5.73 Å². The maximum Gasteiger partial charge on any atom is 0.122 e. The first-order chi connectivity index (χ1) is 6.83. The molecule has 0 aliphatic carbocycles. The second kappa shape index (κ2) is 5.45. The molecule has 0 amide bonds. The van der Waals surface area contributed by atoms with Gasteiger partial charge in [-0.3, -0.25) is 0 Å². The topological polar surface area (TPSA) is 35.2 Å². The van der Waals surface area contributed by atoms with E-state index in [4.69, 9.17) is 10.5 Å². The van der Waals surface area contributed by atoms with E-state index in [0.717, 1.165) is 17.7 Å². The van der Waals surface area contributed by atoms with Crippen molar-refractivity contribution in [3.05, 3.63) is 42.5 Å². The fourth-order valence-corrected chi connectivity index (χ4v) is 1.56. The number of allylic oxidation sites excluding steroid dienone is 1. The summed E-state index contributed by atoms with van der Waals surface area (Å²) >= 11 is 0. The van der Waals surface area contributed by atoms with Crippen molar-refractivity contribution < 1.29 is 4.74 Å². The molecule has 0 aliphatic heterocycles. The van der Waals surface area contributed by atoms with Crippen molar-refractivity contribution >= 4 is 0 Å². The second-order valence-electron chi connectivity index (χ2n) is 3.20. The number of para-hydroxylation sites is 1. The standard InChI is InChI=1S/C12H17NO/c1-3-6-10(9-13)11-7-4-5-8-12(11)14-2/h3-5,7-8,10H,1,6,9,13H2,2H3. The van der Waals surface area contributed by atoms with Crippen LogP contribution in [-0.2, 0) is 0 Å². The quantitative estimate of drug-likeness (QED) is 0.725. The van der Waals surface area contributed by atoms with Crippen LogP contribution in [0, 0.1) is 0 Å². The molecule has 14 heavy (non-hydrogen) atoms. The highest BCUT2D eigenvalue weighted by Gasteiger charge is 2.12. The van der Waals surface area contributed by atoms with Crippen LogP contribution in [0.5, 0.6) is 5.75 Å². The van der Waals surface area contributed by atoms with Crippen LogP contribution in [-0.4, -0.2) is 13.7 Å². The average molecular weight is 191 g/mol. The Kier molecular flexibility index (Phi) is 4.20. The van der Waals surface area contributed by atoms with Gasteiger partial charge in [0, 0.05) is 5.92 Å². The van der Waals surface area contributed by atoms with E-state index in [0.29, 0.717) is 12.5 Å². The number of nitrogens with two attached hydrogens (primary N) is 1. The van der Waals surface area contributed by atoms with Gasteiger partial charge in [-0.25, -0.2) is 0 Å². The average Bonchev–Trinajstić information content (AvgIpc) is 2.26. The van der Waals surface area contributed by atoms with Gasteiger partial charge in [0.2, 0.25) is 0 Å². The van der Waals surface area contributed by atoms with Gasteiger partial charge < -0.3 is 10.5 Å². The van der Waals surface area contributed by atoms with Crippen molar-refractivity contribution in [2.45, 2.75) is 12.3 Å². The molecule has 0 aromatic heterocycles. The van der Waals surface area contributed by atoms with Crippen LogP contribution < -0.4 is 10.5 Å². The summed E-state index contributed by atoms with van der Waals surface area (Å²) in [7, 11) is 1.68. The minimum Gasteiger partial charge on any atom is -0.496 e. The lowest BCUT2D eigenvalue weighted by Gasteiger charge is -2.16. The van der Waals surface area contributed by atoms with Gasteiger partial charge in [-0.1, -0.05) is 24.3 Å². The Morgan fingerprint density at radius 3 is 2.79 bits per heavy atom. The zero-order valence-electron chi connectivity index (χ0n) is 8.57. The molecule has 0 bridgehead atoms. The van der Waals surface area contributed by atoms with E-state index in [1.165, 1.54) is 0 Å². The first-order valence-corrected chi connectivity index (χ1v) is 4.77. The summed E-state index contributed by atoms with van der Waals surface area (Å²) < 4.78 is 5.28. The lowest BCUT2D eigenvalue weighted by Crippen LogP contribution is -2.12. The molecule has 1 unspecified atom stereocenters. The molecule has 1 rings (SSSR count). The Morgan fingerprint density at radius 2 is 2.21 bits per heavy atom. The molecule has 0 saturated heterocycles. The second-order valence-corrected chi connectivity index (χ2v) is 3.20. The Hall–Kier alpha value is -1.28. The molecular formula is C12H17NO. The van der Waals surface area contributed by atoms with E-state index >= 15 is 0 Å². The molecule has 2 nitrogen and oxygen atoms in total. The van der Waals surface area contributed by atoms with Gasteiger partial charge in [0.05, 0.1) is 7.11 Å². The minimum atomic E-state index is 0.309. The third-order valence-electron chi connectivity index (χ3n) is 2.31. The van der Waals surface area contributed by atoms with Gasteiger partial charge >= 0.3 is 0 Å². The van der Waals surface area contributed by atoms with Gasteiger partial charge in [-0.2, -0.15) is 0 Å². The summed E-state index contributed by atoms with van der Waals surface area (Å²) in [6.45, 7) is 4.35. The maximum absolute atomic E-state index is 5.71. The molecule has 0 fully saturated rings. The third-order valence-corrected chi connectivity index (χ3v) is 2.31. The van der Waals surface area contributed by atoms with Crippen LogP contribution in [0.2, 0.25) is 0 Å². The molecular weight excluding hydrogens is 174 g/mol. The van der Waals surface area contributed by atoms with E-state index < -0.39 is 0 Å². The lowest BCUT2D eigenvalue weighted by atomic mass is 9.95. The zero-order valence-corrected chi connectivity index (χ0v) is 8.57. The van der Waals surface area contributed by atoms with Crippen molar-refractivity contribution in [1.82, 2.24) is 0 Å². The van der Waals surface area contributed by atoms with Gasteiger partial charge in [0.15, 0.2) is 0 Å². The highest BCUT2D eigenvalue weighted by Crippen LogP contribution is 2.27. The number of hydrogen-bond acceptors (Lipinski definition) is 2. The third kappa shape index (κ3) is 2.36. The predicted molar refractivity (Wildman–Crippen MR) is 59.6 cm³/mol. The van der Waals surface area contributed by atoms with E-state index in [1.54, 1.807) is 7.11 Å². The molecule has 2 N–H and O–H groups in total. The molecule has 0 aliphatic rings. The normalized spacial score (nSPS) is 12.1. The summed E-state index contributed by atoms with van der Waals surface area (Å²) in [6, 6.07) is 7.98. The van der Waals surface area contributed by atoms with E-state index in [-0.39, 0.29) is 0 Å². The maximum atomic E-state index is 5.71. The monoisotopic (exact) mass is 191 g/mol. The number of hydrogen-bond donors (Lipinski definition) is 1. The number of rotatable bonds is 5. The predicted octanol–water partition coefficient (Wildman–Crippen LogP) is 2.31. The molecule has 1 aromatic rings. The summed E-state index contributed by atoms with van der Waals surface area (Å²) in [5.74, 6) is 1.22. The lowest BCUT2D eigenvalue weighted by molar-refractivity contribution is 0.405. The smallest absolute Gasteiger partial charge is 0.122 e. The minimum absolute atomic E-state index is 0.309. The van der Waals surface area contributed by atoms with Crippen LogP contribution in [0.15, 0.2) is 36.9 Å². The van der Waals surface area contributed by atoms with Crippen LogP contribution in [0.25, 0.3) is 0 Å². The fourth-order valence-electron chi connectivity index (χ4n) is 1.56. The van der Waals surface area contributed by atoms with Gasteiger partial charge in [-0.05, 0) is 24.6 Å². The summed E-state index contributed by atoms with van der Waals surface area (Å²) in [6.07, 6.45) is 2.78. The number of methoxy groups -OCH3 is 1. The Morgan fingerprint density at radius 1 is 1.50 bits per heavy atom. The van der Waals surface area contributed by atoms with Crippen LogP contribution in [0.1, 0.15) is 17.9 Å². The van der Waals surface area contributed by atoms with Crippen molar-refractivity contribution in [1.29, 1.82) is 0 Å². The van der Waals surface area contributed by atoms with Crippen LogP contribution >= 0.6 is 0 Å². The molecule has 0 spiro atoms. The Balaban J connectivity index is 2.95. The highest BCUT2D eigenvalue weighted by molar-refractivity contribution is 5.36. The highest BCUT2D eigenvalue weighted by atomic mass is 16.5. The van der Waals surface area contributed by atoms with E-state index in [1.807, 2.05) is 24.3 Å². The fraction of sp³-hybridized carbons (Fsp3) is 0.333. The molecule has 1 aromatic carbocycles. The first-order valence-electron chi connectivity index (χ1n) is 4.77. The molecule has 2 heteroatoms. The van der Waals surface area contributed by atoms with E-state index in [9.17, 15) is 0 Å². The Labute approximate surface area is 85.4 Å². The zero-order chi connectivity index (χ0) is 10.4. The summed E-state index contributed by atoms with van der Waals surface area (Å²) in [5, 5.41) is 0. The van der Waals surface area contributed by atoms with Crippen LogP contribution in [0.3, 0.4) is 0 Å². The molecule has 0 saturated carbocycles. The molecule has 76 valence electrons. The van der Waals surface area contributed by atoms with Crippen LogP contribution in [0.4, 0.5) is 0 Å². The summed E-state index contributed by atoms with van der Waals surface area (Å²) in [5.41, 5.74) is 6.88. The molecule has 1 atom stereocenters. The van der Waals surface area contributed by atoms with Crippen molar-refractivity contribution in [2.75, 3.05) is 13.7 Å². The Bertz CT molecular complexity index is 296. The van der Waals surface area contributed by atoms with Gasteiger partial charge in [-0.15, -0.1) is 6.58 Å². The molecule has 0 heterocycles. The first kappa shape index (κ1) is 10.8. The largest absolute Gasteiger partial charge is 0.496 e. The van der Waals surface area contributed by atoms with Crippen molar-refractivity contribution in [3.8, 4) is 5.75 Å².